The molecule has 1 saturated heterocycles. The predicted octanol–water partition coefficient (Wildman–Crippen LogP) is 4.13. The van der Waals surface area contributed by atoms with Crippen LogP contribution in [0, 0.1) is 0 Å². The topological polar surface area (TPSA) is 63.2 Å². The lowest BCUT2D eigenvalue weighted by atomic mass is 10.1. The Labute approximate surface area is 165 Å². The van der Waals surface area contributed by atoms with Gasteiger partial charge in [-0.25, -0.2) is 4.79 Å². The molecular weight excluding hydrogens is 364 g/mol. The average Bonchev–Trinajstić information content (AvgIpc) is 2.89. The maximum atomic E-state index is 11.8. The molecule has 1 aliphatic heterocycles. The van der Waals surface area contributed by atoms with Crippen molar-refractivity contribution in [2.45, 2.75) is 84.2 Å². The van der Waals surface area contributed by atoms with E-state index in [1.807, 2.05) is 19.9 Å². The molecular formula is C20H38O6Si. The number of rotatable bonds is 12. The fourth-order valence-corrected chi connectivity index (χ4v) is 3.38. The summed E-state index contributed by atoms with van der Waals surface area (Å²) in [5.74, 6) is -0.844. The van der Waals surface area contributed by atoms with Gasteiger partial charge in [-0.15, -0.1) is 0 Å². The Morgan fingerprint density at radius 1 is 1.33 bits per heavy atom. The molecule has 1 aliphatic rings. The monoisotopic (exact) mass is 402 g/mol. The molecule has 0 radical (unpaired) electrons. The molecule has 6 nitrogen and oxygen atoms in total. The van der Waals surface area contributed by atoms with Gasteiger partial charge in [0.2, 0.25) is 0 Å². The van der Waals surface area contributed by atoms with Crippen molar-refractivity contribution in [2.75, 3.05) is 26.6 Å². The van der Waals surface area contributed by atoms with Crippen LogP contribution in [0.15, 0.2) is 11.6 Å². The molecule has 2 atom stereocenters. The first-order valence-electron chi connectivity index (χ1n) is 9.87. The fourth-order valence-electron chi connectivity index (χ4n) is 2.62. The summed E-state index contributed by atoms with van der Waals surface area (Å²) in [5.41, 5.74) is 0.592. The molecule has 0 aromatic carbocycles. The molecule has 0 saturated carbocycles. The summed E-state index contributed by atoms with van der Waals surface area (Å²) in [5, 5.41) is 0. The van der Waals surface area contributed by atoms with Crippen LogP contribution in [-0.4, -0.2) is 58.7 Å². The molecule has 0 aromatic rings. The van der Waals surface area contributed by atoms with Gasteiger partial charge in [0.25, 0.3) is 0 Å². The molecule has 158 valence electrons. The number of ether oxygens (including phenoxy) is 5. The third-order valence-corrected chi connectivity index (χ3v) is 5.97. The summed E-state index contributed by atoms with van der Waals surface area (Å²) in [6.45, 7) is 16.2. The summed E-state index contributed by atoms with van der Waals surface area (Å²) in [4.78, 5) is 11.8. The Hall–Kier alpha value is -0.733. The molecule has 1 fully saturated rings. The van der Waals surface area contributed by atoms with Crippen molar-refractivity contribution in [2.24, 2.45) is 0 Å². The number of carbonyl (C=O) groups excluding carboxylic acids is 1. The van der Waals surface area contributed by atoms with Gasteiger partial charge < -0.3 is 23.7 Å². The molecule has 1 rings (SSSR count). The molecule has 0 bridgehead atoms. The standard InChI is InChI=1S/C20H38O6Si/c1-8-23-19(21)16(2)9-10-17(13-18-14-25-20(3,4)26-18)24-15-22-11-12-27(5,6)7/h9,17-18H,8,10-15H2,1-7H3/b16-9+/t17-,18+/m1/s1. The van der Waals surface area contributed by atoms with Gasteiger partial charge >= 0.3 is 5.97 Å². The minimum absolute atomic E-state index is 0.0247. The Balaban J connectivity index is 2.53. The summed E-state index contributed by atoms with van der Waals surface area (Å²) >= 11 is 0. The second kappa shape index (κ2) is 11.3. The van der Waals surface area contributed by atoms with Gasteiger partial charge in [-0.05, 0) is 40.2 Å². The van der Waals surface area contributed by atoms with Crippen molar-refractivity contribution in [1.82, 2.24) is 0 Å². The summed E-state index contributed by atoms with van der Waals surface area (Å²) in [6.07, 6.45) is 3.02. The van der Waals surface area contributed by atoms with Crippen LogP contribution in [0.4, 0.5) is 0 Å². The largest absolute Gasteiger partial charge is 0.463 e. The second-order valence-corrected chi connectivity index (χ2v) is 14.3. The third kappa shape index (κ3) is 11.0. The molecule has 1 heterocycles. The number of hydrogen-bond donors (Lipinski definition) is 0. The molecule has 7 heteroatoms. The van der Waals surface area contributed by atoms with Gasteiger partial charge in [0, 0.05) is 26.7 Å². The quantitative estimate of drug-likeness (QED) is 0.161. The van der Waals surface area contributed by atoms with Crippen molar-refractivity contribution in [3.8, 4) is 0 Å². The van der Waals surface area contributed by atoms with Crippen molar-refractivity contribution < 1.29 is 28.5 Å². The summed E-state index contributed by atoms with van der Waals surface area (Å²) < 4.78 is 28.2. The number of esters is 1. The van der Waals surface area contributed by atoms with E-state index in [1.54, 1.807) is 13.8 Å². The van der Waals surface area contributed by atoms with E-state index < -0.39 is 13.9 Å². The van der Waals surface area contributed by atoms with Crippen LogP contribution in [-0.2, 0) is 28.5 Å². The molecule has 0 aromatic heterocycles. The first kappa shape index (κ1) is 24.3. The maximum absolute atomic E-state index is 11.8. The Kier molecular flexibility index (Phi) is 10.2. The van der Waals surface area contributed by atoms with E-state index in [4.69, 9.17) is 23.7 Å². The van der Waals surface area contributed by atoms with Gasteiger partial charge in [0.05, 0.1) is 25.4 Å². The van der Waals surface area contributed by atoms with Crippen LogP contribution in [0.3, 0.4) is 0 Å². The lowest BCUT2D eigenvalue weighted by Gasteiger charge is -2.22. The second-order valence-electron chi connectivity index (χ2n) is 8.66. The third-order valence-electron chi connectivity index (χ3n) is 4.26. The van der Waals surface area contributed by atoms with Crippen LogP contribution in [0.2, 0.25) is 25.7 Å². The highest BCUT2D eigenvalue weighted by atomic mass is 28.3. The average molecular weight is 403 g/mol. The smallest absolute Gasteiger partial charge is 0.333 e. The first-order chi connectivity index (χ1) is 12.5. The van der Waals surface area contributed by atoms with Gasteiger partial charge in [-0.3, -0.25) is 0 Å². The van der Waals surface area contributed by atoms with E-state index in [0.29, 0.717) is 31.6 Å². The molecule has 0 amide bonds. The summed E-state index contributed by atoms with van der Waals surface area (Å²) in [6, 6.07) is 1.11. The summed E-state index contributed by atoms with van der Waals surface area (Å²) in [7, 11) is -1.11. The molecule has 0 spiro atoms. The minimum Gasteiger partial charge on any atom is -0.463 e. The van der Waals surface area contributed by atoms with E-state index >= 15 is 0 Å². The van der Waals surface area contributed by atoms with Crippen molar-refractivity contribution in [3.63, 3.8) is 0 Å². The van der Waals surface area contributed by atoms with E-state index in [1.165, 1.54) is 0 Å². The molecule has 0 N–H and O–H groups in total. The highest BCUT2D eigenvalue weighted by molar-refractivity contribution is 6.76. The van der Waals surface area contributed by atoms with Crippen molar-refractivity contribution in [1.29, 1.82) is 0 Å². The van der Waals surface area contributed by atoms with Gasteiger partial charge in [0.1, 0.15) is 6.79 Å². The van der Waals surface area contributed by atoms with Gasteiger partial charge in [-0.2, -0.15) is 0 Å². The number of hydrogen-bond acceptors (Lipinski definition) is 6. The Morgan fingerprint density at radius 3 is 2.59 bits per heavy atom. The van der Waals surface area contributed by atoms with E-state index in [9.17, 15) is 4.79 Å². The zero-order valence-corrected chi connectivity index (χ0v) is 19.1. The lowest BCUT2D eigenvalue weighted by Crippen LogP contribution is -2.27. The normalized spacial score (nSPS) is 21.3. The van der Waals surface area contributed by atoms with E-state index in [-0.39, 0.29) is 25.0 Å². The van der Waals surface area contributed by atoms with Crippen LogP contribution < -0.4 is 0 Å². The molecule has 0 unspecified atom stereocenters. The minimum atomic E-state index is -1.11. The zero-order chi connectivity index (χ0) is 20.5. The SMILES string of the molecule is CCOC(=O)/C(C)=C/C[C@H](C[C@H]1COC(C)(C)O1)OCOCC[Si](C)(C)C. The van der Waals surface area contributed by atoms with Crippen molar-refractivity contribution >= 4 is 14.0 Å². The van der Waals surface area contributed by atoms with Crippen LogP contribution >= 0.6 is 0 Å². The highest BCUT2D eigenvalue weighted by Gasteiger charge is 2.34. The number of carbonyl (C=O) groups is 1. The zero-order valence-electron chi connectivity index (χ0n) is 18.1. The van der Waals surface area contributed by atoms with Crippen LogP contribution in [0.25, 0.3) is 0 Å². The predicted molar refractivity (Wildman–Crippen MR) is 108 cm³/mol. The first-order valence-corrected chi connectivity index (χ1v) is 13.6. The lowest BCUT2D eigenvalue weighted by molar-refractivity contribution is -0.147. The van der Waals surface area contributed by atoms with Gasteiger partial charge in [-0.1, -0.05) is 25.7 Å². The van der Waals surface area contributed by atoms with E-state index in [0.717, 1.165) is 12.7 Å². The Bertz CT molecular complexity index is 483. The van der Waals surface area contributed by atoms with Crippen LogP contribution in [0.5, 0.6) is 0 Å². The van der Waals surface area contributed by atoms with E-state index in [2.05, 4.69) is 19.6 Å². The molecule has 27 heavy (non-hydrogen) atoms. The van der Waals surface area contributed by atoms with Crippen LogP contribution in [0.1, 0.15) is 40.5 Å². The highest BCUT2D eigenvalue weighted by Crippen LogP contribution is 2.26. The fraction of sp³-hybridized carbons (Fsp3) is 0.850. The maximum Gasteiger partial charge on any atom is 0.333 e. The Morgan fingerprint density at radius 2 is 2.04 bits per heavy atom. The van der Waals surface area contributed by atoms with Crippen molar-refractivity contribution in [3.05, 3.63) is 11.6 Å². The molecule has 0 aliphatic carbocycles. The van der Waals surface area contributed by atoms with Gasteiger partial charge in [0.15, 0.2) is 5.79 Å².